The van der Waals surface area contributed by atoms with Crippen molar-refractivity contribution in [1.29, 1.82) is 0 Å². The minimum atomic E-state index is 0.762. The number of rotatable bonds is 2. The highest BCUT2D eigenvalue weighted by Gasteiger charge is 2.06. The molecule has 0 bridgehead atoms. The zero-order valence-corrected chi connectivity index (χ0v) is 12.3. The summed E-state index contributed by atoms with van der Waals surface area (Å²) in [7, 11) is 0. The highest BCUT2D eigenvalue weighted by molar-refractivity contribution is 14.1. The Bertz CT molecular complexity index is 624. The van der Waals surface area contributed by atoms with Gasteiger partial charge in [0.2, 0.25) is 0 Å². The first kappa shape index (κ1) is 12.3. The smallest absolute Gasteiger partial charge is 0.191 e. The average molecular weight is 358 g/mol. The quantitative estimate of drug-likeness (QED) is 0.501. The van der Waals surface area contributed by atoms with Gasteiger partial charge in [-0.25, -0.2) is 9.97 Å². The van der Waals surface area contributed by atoms with E-state index in [1.54, 1.807) is 0 Å². The fourth-order valence-electron chi connectivity index (χ4n) is 1.93. The Morgan fingerprint density at radius 2 is 1.05 bits per heavy atom. The zero-order chi connectivity index (χ0) is 13.1. The molecule has 3 aromatic rings. The molecule has 1 aromatic heterocycles. The highest BCUT2D eigenvalue weighted by Crippen LogP contribution is 2.23. The molecule has 0 aliphatic carbocycles. The van der Waals surface area contributed by atoms with Gasteiger partial charge < -0.3 is 0 Å². The molecular weight excluding hydrogens is 347 g/mol. The number of hydrogen-bond acceptors (Lipinski definition) is 2. The molecule has 0 spiro atoms. The first-order valence-electron chi connectivity index (χ1n) is 5.98. The molecule has 0 radical (unpaired) electrons. The molecule has 0 atom stereocenters. The fraction of sp³-hybridized carbons (Fsp3) is 0. The first-order valence-corrected chi connectivity index (χ1v) is 7.06. The van der Waals surface area contributed by atoms with E-state index in [2.05, 4.69) is 56.8 Å². The molecule has 19 heavy (non-hydrogen) atoms. The zero-order valence-electron chi connectivity index (χ0n) is 10.1. The first-order chi connectivity index (χ1) is 9.33. The van der Waals surface area contributed by atoms with E-state index in [0.717, 1.165) is 26.3 Å². The van der Waals surface area contributed by atoms with Crippen LogP contribution in [0.4, 0.5) is 0 Å². The minimum absolute atomic E-state index is 0.762. The van der Waals surface area contributed by atoms with Crippen molar-refractivity contribution in [3.05, 3.63) is 70.6 Å². The van der Waals surface area contributed by atoms with Crippen LogP contribution in [0.5, 0.6) is 0 Å². The molecule has 2 nitrogen and oxygen atoms in total. The number of nitrogens with zero attached hydrogens (tertiary/aromatic N) is 2. The van der Waals surface area contributed by atoms with Gasteiger partial charge in [0.25, 0.3) is 0 Å². The molecule has 92 valence electrons. The lowest BCUT2D eigenvalue weighted by molar-refractivity contribution is 1.12. The maximum atomic E-state index is 4.51. The third-order valence-electron chi connectivity index (χ3n) is 2.84. The Labute approximate surface area is 125 Å². The molecule has 0 unspecified atom stereocenters. The van der Waals surface area contributed by atoms with Crippen LogP contribution in [0.2, 0.25) is 0 Å². The summed E-state index contributed by atoms with van der Waals surface area (Å²) in [6, 6.07) is 22.4. The maximum absolute atomic E-state index is 4.51. The van der Waals surface area contributed by atoms with Crippen LogP contribution in [0.15, 0.2) is 66.7 Å². The van der Waals surface area contributed by atoms with E-state index < -0.39 is 0 Å². The van der Waals surface area contributed by atoms with Crippen molar-refractivity contribution in [2.24, 2.45) is 0 Å². The van der Waals surface area contributed by atoms with Crippen LogP contribution in [0.3, 0.4) is 0 Å². The molecule has 2 aromatic carbocycles. The molecule has 3 rings (SSSR count). The highest BCUT2D eigenvalue weighted by atomic mass is 127. The van der Waals surface area contributed by atoms with E-state index in [0.29, 0.717) is 0 Å². The summed E-state index contributed by atoms with van der Waals surface area (Å²) >= 11 is 2.16. The van der Waals surface area contributed by atoms with Gasteiger partial charge in [-0.3, -0.25) is 0 Å². The summed E-state index contributed by atoms with van der Waals surface area (Å²) < 4.78 is 0.762. The molecule has 0 saturated heterocycles. The van der Waals surface area contributed by atoms with Crippen molar-refractivity contribution < 1.29 is 0 Å². The van der Waals surface area contributed by atoms with Crippen molar-refractivity contribution >= 4 is 22.6 Å². The van der Waals surface area contributed by atoms with E-state index in [9.17, 15) is 0 Å². The van der Waals surface area contributed by atoms with Crippen molar-refractivity contribution in [3.63, 3.8) is 0 Å². The van der Waals surface area contributed by atoms with Gasteiger partial charge in [0.05, 0.1) is 11.4 Å². The normalized spacial score (nSPS) is 10.4. The van der Waals surface area contributed by atoms with E-state index in [4.69, 9.17) is 0 Å². The Hall–Kier alpha value is -1.75. The molecule has 0 aliphatic heterocycles. The Morgan fingerprint density at radius 1 is 0.632 bits per heavy atom. The summed E-state index contributed by atoms with van der Waals surface area (Å²) in [5.41, 5.74) is 4.14. The molecule has 0 N–H and O–H groups in total. The predicted molar refractivity (Wildman–Crippen MR) is 85.6 cm³/mol. The van der Waals surface area contributed by atoms with Gasteiger partial charge in [0, 0.05) is 33.7 Å². The Morgan fingerprint density at radius 3 is 1.47 bits per heavy atom. The third kappa shape index (κ3) is 2.81. The van der Waals surface area contributed by atoms with Gasteiger partial charge in [-0.05, 0) is 6.07 Å². The van der Waals surface area contributed by atoms with Crippen LogP contribution in [0.1, 0.15) is 0 Å². The van der Waals surface area contributed by atoms with Crippen molar-refractivity contribution in [2.45, 2.75) is 0 Å². The van der Waals surface area contributed by atoms with Gasteiger partial charge in [-0.1, -0.05) is 60.7 Å². The van der Waals surface area contributed by atoms with Crippen LogP contribution < -0.4 is 0 Å². The standard InChI is InChI=1S/C16H11IN2/c17-16-18-14(12-7-3-1-4-8-12)11-15(19-16)13-9-5-2-6-10-13/h1-11H. The molecular formula is C16H11IN2. The van der Waals surface area contributed by atoms with Crippen LogP contribution >= 0.6 is 22.6 Å². The average Bonchev–Trinajstić information content (AvgIpc) is 2.48. The van der Waals surface area contributed by atoms with Gasteiger partial charge in [0.15, 0.2) is 3.83 Å². The number of benzene rings is 2. The van der Waals surface area contributed by atoms with E-state index in [1.807, 2.05) is 42.5 Å². The molecule has 0 aliphatic rings. The van der Waals surface area contributed by atoms with Crippen LogP contribution in [-0.4, -0.2) is 9.97 Å². The molecule has 3 heteroatoms. The SMILES string of the molecule is Ic1nc(-c2ccccc2)cc(-c2ccccc2)n1. The van der Waals surface area contributed by atoms with Crippen LogP contribution in [-0.2, 0) is 0 Å². The second-order valence-electron chi connectivity index (χ2n) is 4.14. The molecule has 0 fully saturated rings. The third-order valence-corrected chi connectivity index (χ3v) is 3.32. The molecule has 0 saturated carbocycles. The number of aromatic nitrogens is 2. The molecule has 0 amide bonds. The lowest BCUT2D eigenvalue weighted by Crippen LogP contribution is -1.94. The maximum Gasteiger partial charge on any atom is 0.191 e. The van der Waals surface area contributed by atoms with E-state index in [1.165, 1.54) is 0 Å². The predicted octanol–water partition coefficient (Wildman–Crippen LogP) is 4.42. The number of hydrogen-bond donors (Lipinski definition) is 0. The summed E-state index contributed by atoms with van der Waals surface area (Å²) in [6.07, 6.45) is 0. The summed E-state index contributed by atoms with van der Waals surface area (Å²) in [6.45, 7) is 0. The van der Waals surface area contributed by atoms with Gasteiger partial charge in [-0.2, -0.15) is 0 Å². The van der Waals surface area contributed by atoms with E-state index >= 15 is 0 Å². The molecule has 1 heterocycles. The van der Waals surface area contributed by atoms with Gasteiger partial charge >= 0.3 is 0 Å². The Balaban J connectivity index is 2.12. The van der Waals surface area contributed by atoms with E-state index in [-0.39, 0.29) is 0 Å². The summed E-state index contributed by atoms with van der Waals surface area (Å²) in [5.74, 6) is 0. The van der Waals surface area contributed by atoms with Crippen LogP contribution in [0, 0.1) is 3.83 Å². The summed E-state index contributed by atoms with van der Waals surface area (Å²) in [4.78, 5) is 9.01. The van der Waals surface area contributed by atoms with Crippen molar-refractivity contribution in [2.75, 3.05) is 0 Å². The second-order valence-corrected chi connectivity index (χ2v) is 5.10. The minimum Gasteiger partial charge on any atom is -0.223 e. The van der Waals surface area contributed by atoms with Crippen molar-refractivity contribution in [1.82, 2.24) is 9.97 Å². The van der Waals surface area contributed by atoms with Crippen molar-refractivity contribution in [3.8, 4) is 22.5 Å². The summed E-state index contributed by atoms with van der Waals surface area (Å²) in [5, 5.41) is 0. The number of halogens is 1. The second kappa shape index (κ2) is 5.48. The fourth-order valence-corrected chi connectivity index (χ4v) is 2.45. The Kier molecular flexibility index (Phi) is 3.55. The monoisotopic (exact) mass is 358 g/mol. The lowest BCUT2D eigenvalue weighted by Gasteiger charge is -2.05. The van der Waals surface area contributed by atoms with Crippen LogP contribution in [0.25, 0.3) is 22.5 Å². The van der Waals surface area contributed by atoms with Gasteiger partial charge in [-0.15, -0.1) is 0 Å². The van der Waals surface area contributed by atoms with Gasteiger partial charge in [0.1, 0.15) is 0 Å². The lowest BCUT2D eigenvalue weighted by atomic mass is 10.1. The topological polar surface area (TPSA) is 25.8 Å². The largest absolute Gasteiger partial charge is 0.223 e.